The van der Waals surface area contributed by atoms with E-state index >= 15 is 0 Å². The van der Waals surface area contributed by atoms with Crippen LogP contribution in [-0.4, -0.2) is 42.8 Å². The minimum absolute atomic E-state index is 0.110. The average Bonchev–Trinajstić information content (AvgIpc) is 2.15. The smallest absolute Gasteiger partial charge is 0.0858 e. The Morgan fingerprint density at radius 1 is 1.33 bits per heavy atom. The second kappa shape index (κ2) is 4.81. The standard InChI is InChI=1S/C12H26N2O/c1-9(2)14-6-7-15-10(8-14)11(13)12(3,4)5/h9-11H,6-8,13H2,1-5H3. The van der Waals surface area contributed by atoms with Crippen LogP contribution in [0.4, 0.5) is 0 Å². The van der Waals surface area contributed by atoms with E-state index in [2.05, 4.69) is 39.5 Å². The van der Waals surface area contributed by atoms with E-state index in [1.807, 2.05) is 0 Å². The van der Waals surface area contributed by atoms with E-state index in [0.29, 0.717) is 6.04 Å². The van der Waals surface area contributed by atoms with Crippen molar-refractivity contribution < 1.29 is 4.74 Å². The van der Waals surface area contributed by atoms with Crippen LogP contribution in [0.25, 0.3) is 0 Å². The summed E-state index contributed by atoms with van der Waals surface area (Å²) in [5.41, 5.74) is 6.35. The lowest BCUT2D eigenvalue weighted by atomic mass is 9.83. The highest BCUT2D eigenvalue weighted by Crippen LogP contribution is 2.24. The van der Waals surface area contributed by atoms with Crippen molar-refractivity contribution >= 4 is 0 Å². The normalized spacial score (nSPS) is 27.0. The lowest BCUT2D eigenvalue weighted by Gasteiger charge is -2.41. The first kappa shape index (κ1) is 12.9. The molecule has 0 aromatic carbocycles. The lowest BCUT2D eigenvalue weighted by molar-refractivity contribution is -0.0651. The molecule has 0 aromatic heterocycles. The Labute approximate surface area is 94.0 Å². The summed E-state index contributed by atoms with van der Waals surface area (Å²) in [6.45, 7) is 13.8. The van der Waals surface area contributed by atoms with Gasteiger partial charge in [0.25, 0.3) is 0 Å². The van der Waals surface area contributed by atoms with Crippen LogP contribution < -0.4 is 5.73 Å². The van der Waals surface area contributed by atoms with Crippen LogP contribution in [0.3, 0.4) is 0 Å². The monoisotopic (exact) mass is 214 g/mol. The fraction of sp³-hybridized carbons (Fsp3) is 1.00. The van der Waals surface area contributed by atoms with Gasteiger partial charge in [-0.25, -0.2) is 0 Å². The maximum atomic E-state index is 6.24. The molecule has 0 bridgehead atoms. The summed E-state index contributed by atoms with van der Waals surface area (Å²) in [5, 5.41) is 0. The van der Waals surface area contributed by atoms with Crippen LogP contribution in [0.1, 0.15) is 34.6 Å². The number of hydrogen-bond donors (Lipinski definition) is 1. The molecule has 3 heteroatoms. The number of rotatable bonds is 2. The first-order valence-electron chi connectivity index (χ1n) is 5.93. The van der Waals surface area contributed by atoms with Crippen molar-refractivity contribution in [3.05, 3.63) is 0 Å². The highest BCUT2D eigenvalue weighted by Gasteiger charge is 2.33. The van der Waals surface area contributed by atoms with Gasteiger partial charge in [-0.15, -0.1) is 0 Å². The maximum absolute atomic E-state index is 6.24. The van der Waals surface area contributed by atoms with Gasteiger partial charge in [0.05, 0.1) is 12.7 Å². The molecule has 0 amide bonds. The molecule has 0 aromatic rings. The van der Waals surface area contributed by atoms with Crippen LogP contribution in [0.15, 0.2) is 0 Å². The zero-order valence-electron chi connectivity index (χ0n) is 10.8. The fourth-order valence-electron chi connectivity index (χ4n) is 1.94. The van der Waals surface area contributed by atoms with Gasteiger partial charge >= 0.3 is 0 Å². The average molecular weight is 214 g/mol. The quantitative estimate of drug-likeness (QED) is 0.756. The van der Waals surface area contributed by atoms with E-state index < -0.39 is 0 Å². The predicted molar refractivity (Wildman–Crippen MR) is 63.9 cm³/mol. The highest BCUT2D eigenvalue weighted by atomic mass is 16.5. The molecule has 2 N–H and O–H groups in total. The predicted octanol–water partition coefficient (Wildman–Crippen LogP) is 1.47. The molecule has 1 aliphatic rings. The number of morpholine rings is 1. The van der Waals surface area contributed by atoms with Crippen LogP contribution in [0.2, 0.25) is 0 Å². The molecule has 1 rings (SSSR count). The molecule has 1 saturated heterocycles. The number of nitrogens with zero attached hydrogens (tertiary/aromatic N) is 1. The second-order valence-corrected chi connectivity index (χ2v) is 5.89. The molecule has 0 radical (unpaired) electrons. The molecular formula is C12H26N2O. The summed E-state index contributed by atoms with van der Waals surface area (Å²) in [5.74, 6) is 0. The van der Waals surface area contributed by atoms with E-state index in [9.17, 15) is 0 Å². The van der Waals surface area contributed by atoms with E-state index in [1.165, 1.54) is 0 Å². The Hall–Kier alpha value is -0.120. The van der Waals surface area contributed by atoms with Gasteiger partial charge in [0, 0.05) is 25.2 Å². The van der Waals surface area contributed by atoms with Crippen molar-refractivity contribution in [2.45, 2.75) is 52.8 Å². The van der Waals surface area contributed by atoms with Crippen molar-refractivity contribution in [2.75, 3.05) is 19.7 Å². The first-order chi connectivity index (χ1) is 6.82. The van der Waals surface area contributed by atoms with Gasteiger partial charge in [0.2, 0.25) is 0 Å². The van der Waals surface area contributed by atoms with Gasteiger partial charge in [-0.05, 0) is 19.3 Å². The van der Waals surface area contributed by atoms with Crippen LogP contribution >= 0.6 is 0 Å². The van der Waals surface area contributed by atoms with Crippen molar-refractivity contribution in [3.63, 3.8) is 0 Å². The Morgan fingerprint density at radius 2 is 1.93 bits per heavy atom. The second-order valence-electron chi connectivity index (χ2n) is 5.89. The van der Waals surface area contributed by atoms with Crippen molar-refractivity contribution in [2.24, 2.45) is 11.1 Å². The largest absolute Gasteiger partial charge is 0.374 e. The van der Waals surface area contributed by atoms with E-state index in [-0.39, 0.29) is 17.6 Å². The Morgan fingerprint density at radius 3 is 2.40 bits per heavy atom. The molecular weight excluding hydrogens is 188 g/mol. The van der Waals surface area contributed by atoms with Crippen molar-refractivity contribution in [1.82, 2.24) is 4.90 Å². The summed E-state index contributed by atoms with van der Waals surface area (Å²) in [6, 6.07) is 0.697. The van der Waals surface area contributed by atoms with Crippen LogP contribution in [0.5, 0.6) is 0 Å². The molecule has 2 atom stereocenters. The Balaban J connectivity index is 2.56. The lowest BCUT2D eigenvalue weighted by Crippen LogP contribution is -2.56. The van der Waals surface area contributed by atoms with Crippen molar-refractivity contribution in [1.29, 1.82) is 0 Å². The Bertz CT molecular complexity index is 198. The first-order valence-corrected chi connectivity index (χ1v) is 5.93. The summed E-state index contributed by atoms with van der Waals surface area (Å²) < 4.78 is 5.78. The van der Waals surface area contributed by atoms with Gasteiger partial charge in [-0.2, -0.15) is 0 Å². The third kappa shape index (κ3) is 3.44. The molecule has 3 nitrogen and oxygen atoms in total. The summed E-state index contributed by atoms with van der Waals surface area (Å²) >= 11 is 0. The van der Waals surface area contributed by atoms with Crippen LogP contribution in [-0.2, 0) is 4.74 Å². The van der Waals surface area contributed by atoms with E-state index in [1.54, 1.807) is 0 Å². The molecule has 0 spiro atoms. The third-order valence-corrected chi connectivity index (χ3v) is 3.26. The highest BCUT2D eigenvalue weighted by molar-refractivity contribution is 4.88. The minimum Gasteiger partial charge on any atom is -0.374 e. The van der Waals surface area contributed by atoms with Gasteiger partial charge in [-0.3, -0.25) is 4.90 Å². The molecule has 2 unspecified atom stereocenters. The number of ether oxygens (including phenoxy) is 1. The summed E-state index contributed by atoms with van der Waals surface area (Å²) in [6.07, 6.45) is 0.182. The van der Waals surface area contributed by atoms with Gasteiger partial charge < -0.3 is 10.5 Å². The molecule has 1 heterocycles. The SMILES string of the molecule is CC(C)N1CCOC(C(N)C(C)(C)C)C1. The van der Waals surface area contributed by atoms with Gasteiger partial charge in [0.15, 0.2) is 0 Å². The van der Waals surface area contributed by atoms with E-state index in [4.69, 9.17) is 10.5 Å². The van der Waals surface area contributed by atoms with E-state index in [0.717, 1.165) is 19.7 Å². The van der Waals surface area contributed by atoms with Crippen LogP contribution in [0, 0.1) is 5.41 Å². The molecule has 0 aliphatic carbocycles. The van der Waals surface area contributed by atoms with Gasteiger partial charge in [-0.1, -0.05) is 20.8 Å². The number of hydrogen-bond acceptors (Lipinski definition) is 3. The Kier molecular flexibility index (Phi) is 4.15. The zero-order chi connectivity index (χ0) is 11.6. The summed E-state index contributed by atoms with van der Waals surface area (Å²) in [4.78, 5) is 2.44. The maximum Gasteiger partial charge on any atom is 0.0858 e. The molecule has 90 valence electrons. The minimum atomic E-state index is 0.110. The molecule has 0 saturated carbocycles. The van der Waals surface area contributed by atoms with Gasteiger partial charge in [0.1, 0.15) is 0 Å². The number of nitrogens with two attached hydrogens (primary N) is 1. The fourth-order valence-corrected chi connectivity index (χ4v) is 1.94. The molecule has 15 heavy (non-hydrogen) atoms. The third-order valence-electron chi connectivity index (χ3n) is 3.26. The topological polar surface area (TPSA) is 38.5 Å². The molecule has 1 fully saturated rings. The molecule has 1 aliphatic heterocycles. The zero-order valence-corrected chi connectivity index (χ0v) is 10.8. The van der Waals surface area contributed by atoms with Crippen molar-refractivity contribution in [3.8, 4) is 0 Å². The summed E-state index contributed by atoms with van der Waals surface area (Å²) in [7, 11) is 0.